The van der Waals surface area contributed by atoms with E-state index in [9.17, 15) is 24.9 Å². The molecule has 4 rings (SSSR count). The summed E-state index contributed by atoms with van der Waals surface area (Å²) in [6.07, 6.45) is -7.42. The first kappa shape index (κ1) is 48.9. The molecular formula is C43H76N2O13. The summed E-state index contributed by atoms with van der Waals surface area (Å²) in [6, 6.07) is -0.507. The maximum atomic E-state index is 14.5. The quantitative estimate of drug-likeness (QED) is 0.240. The first-order valence-corrected chi connectivity index (χ1v) is 21.2. The van der Waals surface area contributed by atoms with Gasteiger partial charge >= 0.3 is 11.9 Å². The van der Waals surface area contributed by atoms with Crippen LogP contribution < -0.4 is 0 Å². The molecule has 15 heteroatoms. The third-order valence-corrected chi connectivity index (χ3v) is 13.2. The maximum Gasteiger partial charge on any atom is 0.311 e. The van der Waals surface area contributed by atoms with Crippen molar-refractivity contribution in [2.45, 2.75) is 192 Å². The number of carbonyl (C=O) groups is 2. The molecule has 4 aliphatic rings. The van der Waals surface area contributed by atoms with Crippen LogP contribution in [0, 0.1) is 17.8 Å². The van der Waals surface area contributed by atoms with Crippen molar-refractivity contribution >= 4 is 11.9 Å². The number of hydrogen-bond acceptors (Lipinski definition) is 15. The zero-order valence-electron chi connectivity index (χ0n) is 37.6. The second kappa shape index (κ2) is 19.5. The van der Waals surface area contributed by atoms with E-state index in [4.69, 9.17) is 37.9 Å². The van der Waals surface area contributed by atoms with E-state index in [-0.39, 0.29) is 43.6 Å². The van der Waals surface area contributed by atoms with Gasteiger partial charge in [0.25, 0.3) is 0 Å². The largest absolute Gasteiger partial charge is 0.459 e. The van der Waals surface area contributed by atoms with Crippen LogP contribution in [-0.4, -0.2) is 168 Å². The Bertz CT molecular complexity index is 1400. The fraction of sp³-hybridized carbons (Fsp3) is 0.907. The Morgan fingerprint density at radius 3 is 2.26 bits per heavy atom. The van der Waals surface area contributed by atoms with Crippen LogP contribution in [0.3, 0.4) is 0 Å². The van der Waals surface area contributed by atoms with Crippen LogP contribution in [0.25, 0.3) is 0 Å². The molecule has 4 fully saturated rings. The molecule has 0 aromatic rings. The highest BCUT2D eigenvalue weighted by Gasteiger charge is 2.54. The van der Waals surface area contributed by atoms with Crippen molar-refractivity contribution in [3.63, 3.8) is 0 Å². The molecular weight excluding hydrogens is 752 g/mol. The highest BCUT2D eigenvalue weighted by atomic mass is 16.7. The van der Waals surface area contributed by atoms with Gasteiger partial charge in [-0.2, -0.15) is 0 Å². The highest BCUT2D eigenvalue weighted by molar-refractivity contribution is 5.73. The molecule has 3 N–H and O–H groups in total. The van der Waals surface area contributed by atoms with Crippen LogP contribution >= 0.6 is 0 Å². The molecule has 19 atom stereocenters. The fourth-order valence-corrected chi connectivity index (χ4v) is 9.92. The van der Waals surface area contributed by atoms with Gasteiger partial charge in [0.1, 0.15) is 17.8 Å². The van der Waals surface area contributed by atoms with Gasteiger partial charge in [0, 0.05) is 45.5 Å². The predicted octanol–water partition coefficient (Wildman–Crippen LogP) is 3.44. The van der Waals surface area contributed by atoms with Crippen LogP contribution in [0.1, 0.15) is 102 Å². The van der Waals surface area contributed by atoms with Crippen molar-refractivity contribution in [1.29, 1.82) is 0 Å². The van der Waals surface area contributed by atoms with Gasteiger partial charge in [-0.15, -0.1) is 0 Å². The average Bonchev–Trinajstić information content (AvgIpc) is 3.12. The van der Waals surface area contributed by atoms with Crippen LogP contribution in [-0.2, 0) is 47.5 Å². The minimum absolute atomic E-state index is 0.128. The molecule has 15 nitrogen and oxygen atoms in total. The van der Waals surface area contributed by atoms with Gasteiger partial charge in [-0.25, -0.2) is 0 Å². The van der Waals surface area contributed by atoms with Gasteiger partial charge in [-0.3, -0.25) is 14.5 Å². The second-order valence-corrected chi connectivity index (χ2v) is 18.8. The number of nitrogens with zero attached hydrogens (tertiary/aromatic N) is 2. The van der Waals surface area contributed by atoms with Gasteiger partial charge in [0.05, 0.1) is 60.3 Å². The molecule has 0 aromatic carbocycles. The van der Waals surface area contributed by atoms with Crippen LogP contribution in [0.2, 0.25) is 0 Å². The number of aliphatic hydroxyl groups is 3. The molecule has 4 aliphatic heterocycles. The van der Waals surface area contributed by atoms with Crippen molar-refractivity contribution in [2.24, 2.45) is 17.8 Å². The Morgan fingerprint density at radius 2 is 1.67 bits per heavy atom. The standard InChI is InChI=1S/C43H76N2O13/c1-16-32-43(12,50)37-24(3)21-45(20-23(2)22-52-37)25(4)18-41(10,49)38(58-40-35(55-30(9)46)31(44(13)14)17-26(5)53-40)27(6)34(28(7)39(48)56-32)57-33-19-42(11,51-15)36(47)29(8)54-33/h24-29,31-38,40,47,49-50H,2,16-22H2,1,3-15H3/t24-,25+,26+,27-,28+,29-,31-,32+,33-,34-,35+,36-,37+,38+,40-,41+,42+,43+/m0/s1. The number of rotatable bonds is 8. The third-order valence-electron chi connectivity index (χ3n) is 13.2. The fourth-order valence-electron chi connectivity index (χ4n) is 9.92. The highest BCUT2D eigenvalue weighted by Crippen LogP contribution is 2.41. The summed E-state index contributed by atoms with van der Waals surface area (Å²) in [5, 5.41) is 36.2. The SMILES string of the molecule is C=C1CO[C@@H]2[C@@H](C)CN(C1)[C@H](C)C[C@@](C)(O)[C@H](O[C@@H]1O[C@H](C)C[C@H](N(C)C)[C@H]1OC(C)=O)[C@@H](C)[C@H](O[C@H]1C[C@@](C)(OC)[C@@H](O)[C@H](C)O1)[C@@H](C)C(=O)O[C@H](CC)[C@@]2(C)O. The smallest absolute Gasteiger partial charge is 0.311 e. The van der Waals surface area contributed by atoms with E-state index >= 15 is 0 Å². The molecule has 0 spiro atoms. The molecule has 4 saturated heterocycles. The average molecular weight is 829 g/mol. The zero-order valence-corrected chi connectivity index (χ0v) is 37.6. The Kier molecular flexibility index (Phi) is 16.5. The zero-order chi connectivity index (χ0) is 43.7. The summed E-state index contributed by atoms with van der Waals surface area (Å²) < 4.78 is 50.8. The minimum atomic E-state index is -1.61. The second-order valence-electron chi connectivity index (χ2n) is 18.8. The normalized spacial score (nSPS) is 47.7. The molecule has 2 bridgehead atoms. The van der Waals surface area contributed by atoms with Gasteiger partial charge in [-0.1, -0.05) is 27.4 Å². The predicted molar refractivity (Wildman–Crippen MR) is 216 cm³/mol. The summed E-state index contributed by atoms with van der Waals surface area (Å²) in [5.41, 5.74) is -3.43. The summed E-state index contributed by atoms with van der Waals surface area (Å²) in [5.74, 6) is -3.13. The monoisotopic (exact) mass is 829 g/mol. The van der Waals surface area contributed by atoms with E-state index in [1.54, 1.807) is 34.6 Å². The molecule has 0 radical (unpaired) electrons. The van der Waals surface area contributed by atoms with Crippen LogP contribution in [0.15, 0.2) is 12.2 Å². The number of carbonyl (C=O) groups excluding carboxylic acids is 2. The summed E-state index contributed by atoms with van der Waals surface area (Å²) in [4.78, 5) is 31.3. The van der Waals surface area contributed by atoms with Crippen LogP contribution in [0.5, 0.6) is 0 Å². The Labute approximate surface area is 346 Å². The van der Waals surface area contributed by atoms with Gasteiger partial charge in [0.2, 0.25) is 0 Å². The minimum Gasteiger partial charge on any atom is -0.459 e. The Balaban J connectivity index is 1.90. The number of likely N-dealkylation sites (N-methyl/N-ethyl adjacent to an activating group) is 1. The van der Waals surface area contributed by atoms with Crippen molar-refractivity contribution in [3.8, 4) is 0 Å². The number of hydrogen-bond donors (Lipinski definition) is 3. The number of fused-ring (bicyclic) bond motifs is 3. The van der Waals surface area contributed by atoms with Gasteiger partial charge in [-0.05, 0) is 93.3 Å². The molecule has 0 saturated carbocycles. The lowest BCUT2D eigenvalue weighted by Crippen LogP contribution is -2.61. The first-order chi connectivity index (χ1) is 26.9. The summed E-state index contributed by atoms with van der Waals surface area (Å²) >= 11 is 0. The number of esters is 2. The number of aliphatic hydroxyl groups excluding tert-OH is 1. The third kappa shape index (κ3) is 11.0. The Morgan fingerprint density at radius 1 is 1.02 bits per heavy atom. The summed E-state index contributed by atoms with van der Waals surface area (Å²) in [7, 11) is 5.33. The van der Waals surface area contributed by atoms with E-state index in [1.165, 1.54) is 14.0 Å². The van der Waals surface area contributed by atoms with E-state index in [2.05, 4.69) is 11.5 Å². The molecule has 58 heavy (non-hydrogen) atoms. The lowest BCUT2D eigenvalue weighted by atomic mass is 9.78. The van der Waals surface area contributed by atoms with Gasteiger partial charge in [0.15, 0.2) is 18.7 Å². The van der Waals surface area contributed by atoms with Crippen LogP contribution in [0.4, 0.5) is 0 Å². The van der Waals surface area contributed by atoms with Crippen molar-refractivity contribution in [1.82, 2.24) is 9.80 Å². The Hall–Kier alpha value is -1.76. The van der Waals surface area contributed by atoms with E-state index in [0.717, 1.165) is 5.57 Å². The molecule has 0 aliphatic carbocycles. The maximum absolute atomic E-state index is 14.5. The molecule has 0 amide bonds. The first-order valence-electron chi connectivity index (χ1n) is 21.2. The number of methoxy groups -OCH3 is 1. The lowest BCUT2D eigenvalue weighted by molar-refractivity contribution is -0.318. The van der Waals surface area contributed by atoms with Crippen molar-refractivity contribution < 1.29 is 62.8 Å². The molecule has 0 aromatic heterocycles. The van der Waals surface area contributed by atoms with Gasteiger partial charge < -0.3 is 58.1 Å². The topological polar surface area (TPSA) is 175 Å². The van der Waals surface area contributed by atoms with E-state index in [1.807, 2.05) is 53.6 Å². The van der Waals surface area contributed by atoms with E-state index < -0.39 is 95.9 Å². The number of ether oxygens (including phenoxy) is 8. The van der Waals surface area contributed by atoms with E-state index in [0.29, 0.717) is 25.9 Å². The van der Waals surface area contributed by atoms with Crippen molar-refractivity contribution in [2.75, 3.05) is 40.9 Å². The van der Waals surface area contributed by atoms with Crippen molar-refractivity contribution in [3.05, 3.63) is 12.2 Å². The molecule has 336 valence electrons. The summed E-state index contributed by atoms with van der Waals surface area (Å²) in [6.45, 7) is 25.0. The lowest BCUT2D eigenvalue weighted by Gasteiger charge is -2.49. The molecule has 4 heterocycles. The number of cyclic esters (lactones) is 1. The molecule has 1 unspecified atom stereocenters.